The van der Waals surface area contributed by atoms with Gasteiger partial charge in [0.15, 0.2) is 11.6 Å². The molecule has 1 aliphatic rings. The number of amides is 2. The fourth-order valence-electron chi connectivity index (χ4n) is 4.67. The first-order chi connectivity index (χ1) is 16.8. The van der Waals surface area contributed by atoms with E-state index in [0.29, 0.717) is 24.3 Å². The van der Waals surface area contributed by atoms with Crippen LogP contribution in [0.25, 0.3) is 11.1 Å². The van der Waals surface area contributed by atoms with Gasteiger partial charge in [-0.05, 0) is 42.9 Å². The lowest BCUT2D eigenvalue weighted by Crippen LogP contribution is -2.48. The number of likely N-dealkylation sites (tertiary alicyclic amines) is 1. The fourth-order valence-corrected chi connectivity index (χ4v) is 4.67. The number of rotatable bonds is 7. The Hall–Kier alpha value is -3.55. The van der Waals surface area contributed by atoms with Gasteiger partial charge in [0.05, 0.1) is 12.2 Å². The van der Waals surface area contributed by atoms with Crippen LogP contribution in [0.4, 0.5) is 8.78 Å². The molecule has 0 aliphatic carbocycles. The van der Waals surface area contributed by atoms with Crippen molar-refractivity contribution in [2.75, 3.05) is 6.54 Å². The molecule has 2 heterocycles. The summed E-state index contributed by atoms with van der Waals surface area (Å²) in [5.74, 6) is -2.16. The quantitative estimate of drug-likeness (QED) is 0.502. The van der Waals surface area contributed by atoms with E-state index < -0.39 is 23.6 Å². The summed E-state index contributed by atoms with van der Waals surface area (Å²) in [6.45, 7) is 6.24. The van der Waals surface area contributed by atoms with Gasteiger partial charge in [0.1, 0.15) is 17.7 Å². The Balaban J connectivity index is 1.45. The smallest absolute Gasteiger partial charge is 0.243 e. The molecule has 0 radical (unpaired) electrons. The Morgan fingerprint density at radius 1 is 1.09 bits per heavy atom. The minimum atomic E-state index is -0.897. The highest BCUT2D eigenvalue weighted by atomic mass is 19.2. The molecular weight excluding hydrogens is 452 g/mol. The maximum atomic E-state index is 14.1. The Labute approximate surface area is 203 Å². The molecule has 3 atom stereocenters. The number of nitrogens with zero attached hydrogens (tertiary/aromatic N) is 2. The standard InChI is InChI=1S/C27H29F2N3O3/c1-16(2)24(23-13-14-30-35-23)27(34)32-15-5-8-22(32)26(33)31-17(3)18-9-11-19(12-10-18)20-6-4-7-21(28)25(20)29/h4,6-7,9-14,16-17,22,24H,5,8,15H2,1-3H3,(H,31,33). The van der Waals surface area contributed by atoms with Crippen molar-refractivity contribution in [1.29, 1.82) is 0 Å². The molecule has 3 unspecified atom stereocenters. The van der Waals surface area contributed by atoms with Gasteiger partial charge in [-0.25, -0.2) is 8.78 Å². The third-order valence-electron chi connectivity index (χ3n) is 6.57. The average Bonchev–Trinajstić information content (AvgIpc) is 3.53. The van der Waals surface area contributed by atoms with Crippen molar-refractivity contribution < 1.29 is 22.9 Å². The SMILES string of the molecule is CC(NC(=O)C1CCCN1C(=O)C(c1ccno1)C(C)C)c1ccc(-c2cccc(F)c2F)cc1. The monoisotopic (exact) mass is 481 g/mol. The molecule has 184 valence electrons. The minimum absolute atomic E-state index is 0.0138. The van der Waals surface area contributed by atoms with Gasteiger partial charge in [-0.3, -0.25) is 9.59 Å². The van der Waals surface area contributed by atoms with E-state index in [1.165, 1.54) is 18.3 Å². The first-order valence-electron chi connectivity index (χ1n) is 11.8. The third kappa shape index (κ3) is 5.11. The Morgan fingerprint density at radius 2 is 1.83 bits per heavy atom. The van der Waals surface area contributed by atoms with Crippen LogP contribution in [-0.2, 0) is 9.59 Å². The lowest BCUT2D eigenvalue weighted by molar-refractivity contribution is -0.141. The molecule has 0 saturated carbocycles. The lowest BCUT2D eigenvalue weighted by Gasteiger charge is -2.29. The molecule has 1 aliphatic heterocycles. The molecule has 4 rings (SSSR count). The molecule has 2 aromatic carbocycles. The normalized spacial score (nSPS) is 17.4. The van der Waals surface area contributed by atoms with E-state index in [1.54, 1.807) is 35.2 Å². The number of aromatic nitrogens is 1. The summed E-state index contributed by atoms with van der Waals surface area (Å²) in [4.78, 5) is 28.2. The molecule has 6 nitrogen and oxygen atoms in total. The largest absolute Gasteiger partial charge is 0.361 e. The highest BCUT2D eigenvalue weighted by Gasteiger charge is 2.40. The number of benzene rings is 2. The lowest BCUT2D eigenvalue weighted by atomic mass is 9.91. The van der Waals surface area contributed by atoms with Crippen molar-refractivity contribution in [3.05, 3.63) is 77.7 Å². The van der Waals surface area contributed by atoms with Gasteiger partial charge in [0.2, 0.25) is 11.8 Å². The number of carbonyl (C=O) groups excluding carboxylic acids is 2. The first kappa shape index (κ1) is 24.6. The Kier molecular flexibility index (Phi) is 7.28. The van der Waals surface area contributed by atoms with Gasteiger partial charge in [-0.15, -0.1) is 0 Å². The number of nitrogens with one attached hydrogen (secondary N) is 1. The van der Waals surface area contributed by atoms with Crippen molar-refractivity contribution in [3.63, 3.8) is 0 Å². The van der Waals surface area contributed by atoms with Crippen molar-refractivity contribution in [3.8, 4) is 11.1 Å². The van der Waals surface area contributed by atoms with Crippen LogP contribution in [0.15, 0.2) is 59.3 Å². The number of hydrogen-bond donors (Lipinski definition) is 1. The molecule has 1 aromatic heterocycles. The van der Waals surface area contributed by atoms with E-state index in [1.807, 2.05) is 20.8 Å². The van der Waals surface area contributed by atoms with Crippen LogP contribution in [0.3, 0.4) is 0 Å². The zero-order valence-electron chi connectivity index (χ0n) is 20.0. The van der Waals surface area contributed by atoms with E-state index in [4.69, 9.17) is 4.52 Å². The van der Waals surface area contributed by atoms with Crippen molar-refractivity contribution in [2.24, 2.45) is 5.92 Å². The Bertz CT molecular complexity index is 1180. The third-order valence-corrected chi connectivity index (χ3v) is 6.57. The zero-order chi connectivity index (χ0) is 25.1. The second-order valence-corrected chi connectivity index (χ2v) is 9.28. The molecule has 3 aromatic rings. The predicted octanol–water partition coefficient (Wildman–Crippen LogP) is 5.23. The molecule has 1 N–H and O–H groups in total. The molecular formula is C27H29F2N3O3. The molecule has 0 spiro atoms. The second-order valence-electron chi connectivity index (χ2n) is 9.28. The fraction of sp³-hybridized carbons (Fsp3) is 0.370. The predicted molar refractivity (Wildman–Crippen MR) is 127 cm³/mol. The van der Waals surface area contributed by atoms with Crippen LogP contribution in [0.2, 0.25) is 0 Å². The van der Waals surface area contributed by atoms with E-state index in [-0.39, 0.29) is 29.3 Å². The average molecular weight is 482 g/mol. The summed E-state index contributed by atoms with van der Waals surface area (Å²) < 4.78 is 33.0. The summed E-state index contributed by atoms with van der Waals surface area (Å²) in [7, 11) is 0. The van der Waals surface area contributed by atoms with Crippen LogP contribution in [0.1, 0.15) is 56.9 Å². The van der Waals surface area contributed by atoms with Crippen molar-refractivity contribution in [1.82, 2.24) is 15.4 Å². The van der Waals surface area contributed by atoms with Crippen LogP contribution in [0.5, 0.6) is 0 Å². The Morgan fingerprint density at radius 3 is 2.49 bits per heavy atom. The van der Waals surface area contributed by atoms with Crippen molar-refractivity contribution in [2.45, 2.75) is 51.6 Å². The van der Waals surface area contributed by atoms with Gasteiger partial charge in [0, 0.05) is 18.2 Å². The number of halogens is 2. The summed E-state index contributed by atoms with van der Waals surface area (Å²) >= 11 is 0. The summed E-state index contributed by atoms with van der Waals surface area (Å²) in [5, 5.41) is 6.73. The molecule has 1 fully saturated rings. The topological polar surface area (TPSA) is 75.4 Å². The molecule has 0 bridgehead atoms. The number of hydrogen-bond acceptors (Lipinski definition) is 4. The van der Waals surface area contributed by atoms with E-state index in [0.717, 1.165) is 18.1 Å². The van der Waals surface area contributed by atoms with Crippen LogP contribution < -0.4 is 5.32 Å². The molecule has 8 heteroatoms. The summed E-state index contributed by atoms with van der Waals surface area (Å²) in [5.41, 5.74) is 1.54. The molecule has 35 heavy (non-hydrogen) atoms. The van der Waals surface area contributed by atoms with Gasteiger partial charge in [-0.1, -0.05) is 55.4 Å². The van der Waals surface area contributed by atoms with Crippen LogP contribution in [0, 0.1) is 17.6 Å². The second kappa shape index (κ2) is 10.4. The molecule has 2 amide bonds. The summed E-state index contributed by atoms with van der Waals surface area (Å²) in [6, 6.07) is 11.8. The summed E-state index contributed by atoms with van der Waals surface area (Å²) in [6.07, 6.45) is 2.85. The maximum absolute atomic E-state index is 14.1. The first-order valence-corrected chi connectivity index (χ1v) is 11.8. The van der Waals surface area contributed by atoms with Crippen LogP contribution >= 0.6 is 0 Å². The molecule has 1 saturated heterocycles. The highest BCUT2D eigenvalue weighted by Crippen LogP contribution is 2.31. The van der Waals surface area contributed by atoms with Gasteiger partial charge in [-0.2, -0.15) is 0 Å². The van der Waals surface area contributed by atoms with Crippen LogP contribution in [-0.4, -0.2) is 34.5 Å². The van der Waals surface area contributed by atoms with Gasteiger partial charge < -0.3 is 14.7 Å². The van der Waals surface area contributed by atoms with E-state index in [9.17, 15) is 18.4 Å². The highest BCUT2D eigenvalue weighted by molar-refractivity contribution is 5.91. The van der Waals surface area contributed by atoms with E-state index >= 15 is 0 Å². The maximum Gasteiger partial charge on any atom is 0.243 e. The number of carbonyl (C=O) groups is 2. The zero-order valence-corrected chi connectivity index (χ0v) is 20.0. The minimum Gasteiger partial charge on any atom is -0.361 e. The van der Waals surface area contributed by atoms with E-state index in [2.05, 4.69) is 10.5 Å². The van der Waals surface area contributed by atoms with Gasteiger partial charge >= 0.3 is 0 Å². The van der Waals surface area contributed by atoms with Gasteiger partial charge in [0.25, 0.3) is 0 Å². The van der Waals surface area contributed by atoms with Crippen molar-refractivity contribution >= 4 is 11.8 Å².